The first-order chi connectivity index (χ1) is 9.00. The Hall–Kier alpha value is -0.240. The smallest absolute Gasteiger partial charge is 0.00772 e. The highest BCUT2D eigenvalue weighted by Crippen LogP contribution is 1.66. The quantitative estimate of drug-likeness (QED) is 0.290. The fourth-order valence-electron chi connectivity index (χ4n) is 1.81. The summed E-state index contributed by atoms with van der Waals surface area (Å²) in [7, 11) is 0. The molecule has 6 N–H and O–H groups in total. The lowest BCUT2D eigenvalue weighted by molar-refractivity contribution is 0.534. The third-order valence-corrected chi connectivity index (χ3v) is 2.87. The molecule has 3 aliphatic heterocycles. The van der Waals surface area contributed by atoms with Crippen LogP contribution in [0.3, 0.4) is 0 Å². The van der Waals surface area contributed by atoms with Gasteiger partial charge in [0.15, 0.2) is 0 Å². The maximum atomic E-state index is 3.22. The fourth-order valence-corrected chi connectivity index (χ4v) is 1.81. The summed E-state index contributed by atoms with van der Waals surface area (Å²) >= 11 is 0. The Morgan fingerprint density at radius 3 is 0.389 bits per heavy atom. The van der Waals surface area contributed by atoms with Crippen molar-refractivity contribution in [3.8, 4) is 0 Å². The molecule has 6 nitrogen and oxygen atoms in total. The lowest BCUT2D eigenvalue weighted by atomic mass is 10.4. The fraction of sp³-hybridized carbons (Fsp3) is 1.00. The molecule has 3 saturated heterocycles. The Balaban J connectivity index is 0.000000135. The van der Waals surface area contributed by atoms with Crippen molar-refractivity contribution in [2.45, 2.75) is 0 Å². The van der Waals surface area contributed by atoms with E-state index in [0.717, 1.165) is 78.5 Å². The number of piperazine rings is 3. The monoisotopic (exact) mass is 258 g/mol. The van der Waals surface area contributed by atoms with Gasteiger partial charge < -0.3 is 31.9 Å². The minimum atomic E-state index is 1.14. The van der Waals surface area contributed by atoms with Crippen LogP contribution in [0.2, 0.25) is 0 Å². The van der Waals surface area contributed by atoms with Crippen LogP contribution in [0.1, 0.15) is 0 Å². The van der Waals surface area contributed by atoms with Gasteiger partial charge in [0.2, 0.25) is 0 Å². The van der Waals surface area contributed by atoms with Crippen molar-refractivity contribution in [2.24, 2.45) is 0 Å². The molecule has 0 spiro atoms. The van der Waals surface area contributed by atoms with Gasteiger partial charge in [-0.2, -0.15) is 0 Å². The minimum Gasteiger partial charge on any atom is -0.314 e. The summed E-state index contributed by atoms with van der Waals surface area (Å²) in [6.45, 7) is 13.7. The zero-order chi connectivity index (χ0) is 12.7. The Labute approximate surface area is 111 Å². The van der Waals surface area contributed by atoms with Crippen molar-refractivity contribution in [1.82, 2.24) is 31.9 Å². The van der Waals surface area contributed by atoms with Gasteiger partial charge in [-0.15, -0.1) is 0 Å². The number of hydrogen-bond acceptors (Lipinski definition) is 6. The van der Waals surface area contributed by atoms with E-state index in [9.17, 15) is 0 Å². The van der Waals surface area contributed by atoms with Crippen LogP contribution in [0.15, 0.2) is 0 Å². The SMILES string of the molecule is C1CNCCN1.C1CNCCN1.C1CNCCN1. The van der Waals surface area contributed by atoms with Crippen LogP contribution in [0.25, 0.3) is 0 Å². The lowest BCUT2D eigenvalue weighted by Gasteiger charge is -2.11. The van der Waals surface area contributed by atoms with Crippen LogP contribution in [0, 0.1) is 0 Å². The molecule has 0 aromatic rings. The van der Waals surface area contributed by atoms with Crippen molar-refractivity contribution >= 4 is 0 Å². The predicted molar refractivity (Wildman–Crippen MR) is 77.2 cm³/mol. The second-order valence-corrected chi connectivity index (χ2v) is 4.50. The summed E-state index contributed by atoms with van der Waals surface area (Å²) in [6, 6.07) is 0. The van der Waals surface area contributed by atoms with E-state index in [2.05, 4.69) is 31.9 Å². The molecule has 0 amide bonds. The van der Waals surface area contributed by atoms with Gasteiger partial charge in [-0.05, 0) is 0 Å². The lowest BCUT2D eigenvalue weighted by Crippen LogP contribution is -2.39. The van der Waals surface area contributed by atoms with E-state index in [1.807, 2.05) is 0 Å². The molecule has 0 aromatic carbocycles. The molecule has 3 heterocycles. The first-order valence-electron chi connectivity index (χ1n) is 7.24. The van der Waals surface area contributed by atoms with E-state index in [1.165, 1.54) is 0 Å². The summed E-state index contributed by atoms with van der Waals surface area (Å²) in [5.41, 5.74) is 0. The summed E-state index contributed by atoms with van der Waals surface area (Å²) in [4.78, 5) is 0. The molecular formula is C12H30N6. The normalized spacial score (nSPS) is 24.0. The summed E-state index contributed by atoms with van der Waals surface area (Å²) in [6.07, 6.45) is 0. The highest BCUT2D eigenvalue weighted by molar-refractivity contribution is 4.60. The second-order valence-electron chi connectivity index (χ2n) is 4.50. The maximum Gasteiger partial charge on any atom is 0.00772 e. The van der Waals surface area contributed by atoms with Gasteiger partial charge in [-0.1, -0.05) is 0 Å². The molecule has 3 aliphatic rings. The summed E-state index contributed by atoms with van der Waals surface area (Å²) in [5, 5.41) is 19.3. The molecule has 0 aliphatic carbocycles. The summed E-state index contributed by atoms with van der Waals surface area (Å²) in [5.74, 6) is 0. The highest BCUT2D eigenvalue weighted by Gasteiger charge is 1.92. The standard InChI is InChI=1S/3C4H10N2/c3*1-2-6-4-3-5-1/h3*5-6H,1-4H2. The largest absolute Gasteiger partial charge is 0.314 e. The molecule has 6 heteroatoms. The van der Waals surface area contributed by atoms with E-state index >= 15 is 0 Å². The highest BCUT2D eigenvalue weighted by atomic mass is 15.0. The molecule has 3 fully saturated rings. The van der Waals surface area contributed by atoms with Gasteiger partial charge in [0.05, 0.1) is 0 Å². The average Bonchev–Trinajstić information content (AvgIpc) is 2.54. The van der Waals surface area contributed by atoms with E-state index in [-0.39, 0.29) is 0 Å². The minimum absolute atomic E-state index is 1.14. The molecule has 108 valence electrons. The maximum absolute atomic E-state index is 3.22. The van der Waals surface area contributed by atoms with Crippen molar-refractivity contribution in [1.29, 1.82) is 0 Å². The molecule has 0 atom stereocenters. The Bertz CT molecular complexity index is 91.6. The molecule has 18 heavy (non-hydrogen) atoms. The molecular weight excluding hydrogens is 228 g/mol. The zero-order valence-corrected chi connectivity index (χ0v) is 11.5. The Morgan fingerprint density at radius 2 is 0.333 bits per heavy atom. The van der Waals surface area contributed by atoms with Crippen LogP contribution in [-0.4, -0.2) is 78.5 Å². The van der Waals surface area contributed by atoms with Gasteiger partial charge in [0.25, 0.3) is 0 Å². The number of hydrogen-bond donors (Lipinski definition) is 6. The Kier molecular flexibility index (Phi) is 11.6. The van der Waals surface area contributed by atoms with Crippen LogP contribution in [0.5, 0.6) is 0 Å². The van der Waals surface area contributed by atoms with Crippen LogP contribution >= 0.6 is 0 Å². The van der Waals surface area contributed by atoms with Gasteiger partial charge in [-0.3, -0.25) is 0 Å². The summed E-state index contributed by atoms with van der Waals surface area (Å²) < 4.78 is 0. The second kappa shape index (κ2) is 13.2. The van der Waals surface area contributed by atoms with Gasteiger partial charge in [0, 0.05) is 78.5 Å². The van der Waals surface area contributed by atoms with Crippen LogP contribution in [-0.2, 0) is 0 Å². The van der Waals surface area contributed by atoms with Crippen molar-refractivity contribution < 1.29 is 0 Å². The van der Waals surface area contributed by atoms with Gasteiger partial charge in [-0.25, -0.2) is 0 Å². The first-order valence-corrected chi connectivity index (χ1v) is 7.24. The van der Waals surface area contributed by atoms with Crippen molar-refractivity contribution in [3.05, 3.63) is 0 Å². The van der Waals surface area contributed by atoms with Crippen molar-refractivity contribution in [2.75, 3.05) is 78.5 Å². The van der Waals surface area contributed by atoms with Crippen molar-refractivity contribution in [3.63, 3.8) is 0 Å². The Morgan fingerprint density at radius 1 is 0.222 bits per heavy atom. The topological polar surface area (TPSA) is 72.2 Å². The van der Waals surface area contributed by atoms with E-state index < -0.39 is 0 Å². The third kappa shape index (κ3) is 10.9. The average molecular weight is 258 g/mol. The van der Waals surface area contributed by atoms with Gasteiger partial charge >= 0.3 is 0 Å². The number of rotatable bonds is 0. The van der Waals surface area contributed by atoms with E-state index in [0.29, 0.717) is 0 Å². The van der Waals surface area contributed by atoms with Gasteiger partial charge in [0.1, 0.15) is 0 Å². The molecule has 0 radical (unpaired) electrons. The van der Waals surface area contributed by atoms with Crippen LogP contribution in [0.4, 0.5) is 0 Å². The molecule has 0 aromatic heterocycles. The third-order valence-electron chi connectivity index (χ3n) is 2.87. The number of nitrogens with one attached hydrogen (secondary N) is 6. The molecule has 0 unspecified atom stereocenters. The zero-order valence-electron chi connectivity index (χ0n) is 11.5. The molecule has 3 rings (SSSR count). The predicted octanol–water partition coefficient (Wildman–Crippen LogP) is -2.46. The van der Waals surface area contributed by atoms with E-state index in [1.54, 1.807) is 0 Å². The van der Waals surface area contributed by atoms with E-state index in [4.69, 9.17) is 0 Å². The molecule has 0 saturated carbocycles. The first kappa shape index (κ1) is 15.8. The van der Waals surface area contributed by atoms with Crippen LogP contribution < -0.4 is 31.9 Å². The molecule has 0 bridgehead atoms.